The molecule has 0 radical (unpaired) electrons. The summed E-state index contributed by atoms with van der Waals surface area (Å²) in [5.41, 5.74) is 2.03. The minimum absolute atomic E-state index is 0.305. The number of hydrogen-bond donors (Lipinski definition) is 2. The third-order valence-corrected chi connectivity index (χ3v) is 3.51. The molecule has 0 saturated carbocycles. The number of amides is 2. The fourth-order valence-electron chi connectivity index (χ4n) is 1.79. The monoisotopic (exact) mass is 336 g/mol. The van der Waals surface area contributed by atoms with Crippen LogP contribution in [0.2, 0.25) is 10.0 Å². The third-order valence-electron chi connectivity index (χ3n) is 2.88. The van der Waals surface area contributed by atoms with Crippen molar-refractivity contribution in [2.75, 3.05) is 10.6 Å². The van der Waals surface area contributed by atoms with Gasteiger partial charge >= 0.3 is 0 Å². The average molecular weight is 337 g/mol. The SMILES string of the molecule is Cc1ccc(NC(=O)CC(=O)Nc2c(Cl)cccc2Cl)cc1. The van der Waals surface area contributed by atoms with Crippen molar-refractivity contribution in [3.05, 3.63) is 58.1 Å². The number of halogens is 2. The van der Waals surface area contributed by atoms with Gasteiger partial charge in [-0.3, -0.25) is 9.59 Å². The van der Waals surface area contributed by atoms with Gasteiger partial charge in [0.15, 0.2) is 0 Å². The second kappa shape index (κ2) is 7.29. The number of nitrogens with one attached hydrogen (secondary N) is 2. The highest BCUT2D eigenvalue weighted by atomic mass is 35.5. The Kier molecular flexibility index (Phi) is 5.41. The van der Waals surface area contributed by atoms with E-state index in [1.54, 1.807) is 30.3 Å². The van der Waals surface area contributed by atoms with Gasteiger partial charge in [0.25, 0.3) is 0 Å². The van der Waals surface area contributed by atoms with E-state index in [9.17, 15) is 9.59 Å². The highest BCUT2D eigenvalue weighted by Gasteiger charge is 2.13. The molecule has 2 amide bonds. The van der Waals surface area contributed by atoms with Crippen LogP contribution in [0.1, 0.15) is 12.0 Å². The lowest BCUT2D eigenvalue weighted by molar-refractivity contribution is -0.123. The topological polar surface area (TPSA) is 58.2 Å². The molecule has 0 bridgehead atoms. The molecule has 0 saturated heterocycles. The first-order chi connectivity index (χ1) is 10.5. The average Bonchev–Trinajstić information content (AvgIpc) is 2.45. The van der Waals surface area contributed by atoms with Crippen LogP contribution in [0.25, 0.3) is 0 Å². The molecule has 0 aliphatic carbocycles. The summed E-state index contributed by atoms with van der Waals surface area (Å²) < 4.78 is 0. The summed E-state index contributed by atoms with van der Waals surface area (Å²) in [5.74, 6) is -0.899. The van der Waals surface area contributed by atoms with Gasteiger partial charge in [-0.05, 0) is 31.2 Å². The molecule has 0 unspecified atom stereocenters. The van der Waals surface area contributed by atoms with E-state index in [4.69, 9.17) is 23.2 Å². The summed E-state index contributed by atoms with van der Waals surface area (Å²) in [6.45, 7) is 1.95. The fraction of sp³-hybridized carbons (Fsp3) is 0.125. The van der Waals surface area contributed by atoms with E-state index in [-0.39, 0.29) is 6.42 Å². The highest BCUT2D eigenvalue weighted by molar-refractivity contribution is 6.39. The van der Waals surface area contributed by atoms with Gasteiger partial charge in [0.05, 0.1) is 15.7 Å². The first-order valence-electron chi connectivity index (χ1n) is 6.56. The lowest BCUT2D eigenvalue weighted by atomic mass is 10.2. The maximum atomic E-state index is 11.9. The van der Waals surface area contributed by atoms with E-state index in [0.717, 1.165) is 5.56 Å². The Bertz CT molecular complexity index is 680. The second-order valence-electron chi connectivity index (χ2n) is 4.74. The molecule has 0 fully saturated rings. The van der Waals surface area contributed by atoms with Crippen LogP contribution < -0.4 is 10.6 Å². The minimum atomic E-state index is -0.486. The molecule has 4 nitrogen and oxygen atoms in total. The third kappa shape index (κ3) is 4.48. The lowest BCUT2D eigenvalue weighted by Gasteiger charge is -2.09. The van der Waals surface area contributed by atoms with Crippen LogP contribution >= 0.6 is 23.2 Å². The number of benzene rings is 2. The smallest absolute Gasteiger partial charge is 0.233 e. The first-order valence-corrected chi connectivity index (χ1v) is 7.31. The molecule has 0 heterocycles. The zero-order valence-corrected chi connectivity index (χ0v) is 13.3. The number of carbonyl (C=O) groups is 2. The van der Waals surface area contributed by atoms with Crippen LogP contribution in [-0.2, 0) is 9.59 Å². The molecule has 6 heteroatoms. The Morgan fingerprint density at radius 3 is 2.05 bits per heavy atom. The quantitative estimate of drug-likeness (QED) is 0.819. The molecular weight excluding hydrogens is 323 g/mol. The number of para-hydroxylation sites is 1. The first kappa shape index (κ1) is 16.3. The van der Waals surface area contributed by atoms with Crippen molar-refractivity contribution in [1.82, 2.24) is 0 Å². The Hall–Kier alpha value is -2.04. The number of hydrogen-bond acceptors (Lipinski definition) is 2. The Balaban J connectivity index is 1.94. The maximum Gasteiger partial charge on any atom is 0.233 e. The summed E-state index contributed by atoms with van der Waals surface area (Å²) in [6.07, 6.45) is -0.324. The van der Waals surface area contributed by atoms with Crippen LogP contribution in [0.3, 0.4) is 0 Å². The highest BCUT2D eigenvalue weighted by Crippen LogP contribution is 2.29. The summed E-state index contributed by atoms with van der Waals surface area (Å²) in [5, 5.41) is 5.83. The van der Waals surface area contributed by atoms with E-state index < -0.39 is 11.8 Å². The van der Waals surface area contributed by atoms with E-state index >= 15 is 0 Å². The van der Waals surface area contributed by atoms with Gasteiger partial charge in [0.2, 0.25) is 11.8 Å². The standard InChI is InChI=1S/C16H14Cl2N2O2/c1-10-5-7-11(8-6-10)19-14(21)9-15(22)20-16-12(17)3-2-4-13(16)18/h2-8H,9H2,1H3,(H,19,21)(H,20,22). The van der Waals surface area contributed by atoms with E-state index in [2.05, 4.69) is 10.6 Å². The van der Waals surface area contributed by atoms with Gasteiger partial charge in [0, 0.05) is 5.69 Å². The van der Waals surface area contributed by atoms with Crippen LogP contribution in [0.5, 0.6) is 0 Å². The summed E-state index contributed by atoms with van der Waals surface area (Å²) in [7, 11) is 0. The molecule has 2 aromatic carbocycles. The summed E-state index contributed by atoms with van der Waals surface area (Å²) in [4.78, 5) is 23.7. The predicted octanol–water partition coefficient (Wildman–Crippen LogP) is 4.27. The Morgan fingerprint density at radius 2 is 1.45 bits per heavy atom. The molecule has 0 aromatic heterocycles. The van der Waals surface area contributed by atoms with Crippen molar-refractivity contribution in [2.24, 2.45) is 0 Å². The Morgan fingerprint density at radius 1 is 0.909 bits per heavy atom. The van der Waals surface area contributed by atoms with Crippen LogP contribution in [-0.4, -0.2) is 11.8 Å². The van der Waals surface area contributed by atoms with Crippen molar-refractivity contribution >= 4 is 46.4 Å². The van der Waals surface area contributed by atoms with Crippen molar-refractivity contribution in [3.63, 3.8) is 0 Å². The van der Waals surface area contributed by atoms with Crippen LogP contribution in [0.15, 0.2) is 42.5 Å². The van der Waals surface area contributed by atoms with Crippen molar-refractivity contribution < 1.29 is 9.59 Å². The predicted molar refractivity (Wildman–Crippen MR) is 89.5 cm³/mol. The largest absolute Gasteiger partial charge is 0.326 e. The normalized spacial score (nSPS) is 10.1. The minimum Gasteiger partial charge on any atom is -0.326 e. The zero-order valence-electron chi connectivity index (χ0n) is 11.8. The van der Waals surface area contributed by atoms with Crippen LogP contribution in [0.4, 0.5) is 11.4 Å². The second-order valence-corrected chi connectivity index (χ2v) is 5.55. The number of aryl methyl sites for hydroxylation is 1. The molecule has 0 aliphatic rings. The fourth-order valence-corrected chi connectivity index (χ4v) is 2.28. The van der Waals surface area contributed by atoms with Crippen molar-refractivity contribution in [2.45, 2.75) is 13.3 Å². The molecule has 0 spiro atoms. The number of anilines is 2. The summed E-state index contributed by atoms with van der Waals surface area (Å²) in [6, 6.07) is 12.2. The zero-order chi connectivity index (χ0) is 16.1. The molecular formula is C16H14Cl2N2O2. The van der Waals surface area contributed by atoms with Gasteiger partial charge < -0.3 is 10.6 Å². The van der Waals surface area contributed by atoms with E-state index in [1.807, 2.05) is 19.1 Å². The number of carbonyl (C=O) groups excluding carboxylic acids is 2. The lowest BCUT2D eigenvalue weighted by Crippen LogP contribution is -2.21. The molecule has 0 aliphatic heterocycles. The van der Waals surface area contributed by atoms with E-state index in [1.165, 1.54) is 0 Å². The maximum absolute atomic E-state index is 11.9. The van der Waals surface area contributed by atoms with Crippen molar-refractivity contribution in [1.29, 1.82) is 0 Å². The molecule has 2 N–H and O–H groups in total. The molecule has 2 aromatic rings. The van der Waals surface area contributed by atoms with Gasteiger partial charge in [-0.25, -0.2) is 0 Å². The molecule has 22 heavy (non-hydrogen) atoms. The van der Waals surface area contributed by atoms with Crippen molar-refractivity contribution in [3.8, 4) is 0 Å². The van der Waals surface area contributed by atoms with Crippen LogP contribution in [0, 0.1) is 6.92 Å². The van der Waals surface area contributed by atoms with Gasteiger partial charge in [-0.1, -0.05) is 47.0 Å². The van der Waals surface area contributed by atoms with Gasteiger partial charge in [0.1, 0.15) is 6.42 Å². The van der Waals surface area contributed by atoms with E-state index in [0.29, 0.717) is 21.4 Å². The van der Waals surface area contributed by atoms with Gasteiger partial charge in [-0.2, -0.15) is 0 Å². The summed E-state index contributed by atoms with van der Waals surface area (Å²) >= 11 is 11.9. The molecule has 0 atom stereocenters. The molecule has 2 rings (SSSR count). The Labute approximate surface area is 138 Å². The molecule has 114 valence electrons. The van der Waals surface area contributed by atoms with Gasteiger partial charge in [-0.15, -0.1) is 0 Å². The number of rotatable bonds is 4.